The second-order valence-electron chi connectivity index (χ2n) is 3.97. The van der Waals surface area contributed by atoms with Crippen LogP contribution in [0, 0.1) is 5.82 Å². The molecule has 0 fully saturated rings. The van der Waals surface area contributed by atoms with Crippen LogP contribution in [0.15, 0.2) is 18.2 Å². The van der Waals surface area contributed by atoms with Crippen LogP contribution in [-0.2, 0) is 0 Å². The summed E-state index contributed by atoms with van der Waals surface area (Å²) in [7, 11) is 2.87. The maximum absolute atomic E-state index is 13.4. The van der Waals surface area contributed by atoms with E-state index in [4.69, 9.17) is 9.47 Å². The molecule has 1 aromatic carbocycles. The normalized spacial score (nSPS) is 10.1. The molecule has 2 aromatic rings. The van der Waals surface area contributed by atoms with Crippen LogP contribution >= 0.6 is 0 Å². The van der Waals surface area contributed by atoms with Gasteiger partial charge in [0.1, 0.15) is 0 Å². The Bertz CT molecular complexity index is 624. The largest absolute Gasteiger partial charge is 0.494 e. The number of ether oxygens (including phenoxy) is 2. The zero-order valence-corrected chi connectivity index (χ0v) is 12.0. The van der Waals surface area contributed by atoms with Gasteiger partial charge in [0.05, 0.1) is 14.2 Å². The number of aromatic nitrogens is 3. The zero-order chi connectivity index (χ0) is 15.2. The number of rotatable bonds is 6. The van der Waals surface area contributed by atoms with Gasteiger partial charge in [-0.3, -0.25) is 0 Å². The Morgan fingerprint density at radius 1 is 1.10 bits per heavy atom. The molecule has 21 heavy (non-hydrogen) atoms. The first kappa shape index (κ1) is 14.8. The lowest BCUT2D eigenvalue weighted by Gasteiger charge is -2.10. The minimum atomic E-state index is -0.440. The Morgan fingerprint density at radius 2 is 1.86 bits per heavy atom. The highest BCUT2D eigenvalue weighted by Gasteiger charge is 2.08. The Balaban J connectivity index is 2.27. The molecule has 8 heteroatoms. The van der Waals surface area contributed by atoms with Gasteiger partial charge in [-0.05, 0) is 19.1 Å². The molecule has 0 aliphatic heterocycles. The Kier molecular flexibility index (Phi) is 4.70. The average molecular weight is 293 g/mol. The zero-order valence-electron chi connectivity index (χ0n) is 12.0. The molecule has 0 saturated carbocycles. The average Bonchev–Trinajstić information content (AvgIpc) is 2.49. The first-order valence-corrected chi connectivity index (χ1v) is 6.30. The number of halogens is 1. The number of anilines is 3. The molecule has 7 nitrogen and oxygen atoms in total. The van der Waals surface area contributed by atoms with Crippen LogP contribution in [0.25, 0.3) is 0 Å². The molecule has 2 N–H and O–H groups in total. The number of hydrogen-bond acceptors (Lipinski definition) is 7. The molecule has 0 aliphatic rings. The summed E-state index contributed by atoms with van der Waals surface area (Å²) in [4.78, 5) is 12.3. The third-order valence-corrected chi connectivity index (χ3v) is 2.54. The number of benzene rings is 1. The first-order valence-electron chi connectivity index (χ1n) is 6.30. The van der Waals surface area contributed by atoms with E-state index in [9.17, 15) is 4.39 Å². The van der Waals surface area contributed by atoms with E-state index in [1.807, 2.05) is 6.92 Å². The van der Waals surface area contributed by atoms with Gasteiger partial charge >= 0.3 is 6.01 Å². The van der Waals surface area contributed by atoms with Gasteiger partial charge in [-0.25, -0.2) is 4.39 Å². The van der Waals surface area contributed by atoms with Crippen molar-refractivity contribution in [1.29, 1.82) is 0 Å². The van der Waals surface area contributed by atoms with Crippen molar-refractivity contribution in [1.82, 2.24) is 15.0 Å². The minimum absolute atomic E-state index is 0.132. The monoisotopic (exact) mass is 293 g/mol. The smallest absolute Gasteiger partial charge is 0.322 e. The summed E-state index contributed by atoms with van der Waals surface area (Å²) < 4.78 is 23.3. The molecule has 0 spiro atoms. The van der Waals surface area contributed by atoms with Gasteiger partial charge in [0.2, 0.25) is 11.9 Å². The lowest BCUT2D eigenvalue weighted by molar-refractivity contribution is 0.379. The van der Waals surface area contributed by atoms with Crippen LogP contribution in [0.3, 0.4) is 0 Å². The molecule has 1 aromatic heterocycles. The van der Waals surface area contributed by atoms with E-state index < -0.39 is 5.82 Å². The molecular weight excluding hydrogens is 277 g/mol. The molecule has 0 aliphatic carbocycles. The lowest BCUT2D eigenvalue weighted by atomic mass is 10.3. The summed E-state index contributed by atoms with van der Waals surface area (Å²) in [5, 5.41) is 5.92. The van der Waals surface area contributed by atoms with E-state index >= 15 is 0 Å². The van der Waals surface area contributed by atoms with Gasteiger partial charge in [-0.15, -0.1) is 0 Å². The van der Waals surface area contributed by atoms with Crippen molar-refractivity contribution < 1.29 is 13.9 Å². The van der Waals surface area contributed by atoms with Gasteiger partial charge in [0.15, 0.2) is 11.6 Å². The quantitative estimate of drug-likeness (QED) is 0.845. The third-order valence-electron chi connectivity index (χ3n) is 2.54. The second kappa shape index (κ2) is 6.69. The predicted molar refractivity (Wildman–Crippen MR) is 76.8 cm³/mol. The van der Waals surface area contributed by atoms with Gasteiger partial charge in [0.25, 0.3) is 0 Å². The highest BCUT2D eigenvalue weighted by Crippen LogP contribution is 2.23. The van der Waals surface area contributed by atoms with Gasteiger partial charge in [-0.1, -0.05) is 0 Å². The van der Waals surface area contributed by atoms with E-state index in [1.54, 1.807) is 6.07 Å². The topological polar surface area (TPSA) is 81.2 Å². The fourth-order valence-electron chi connectivity index (χ4n) is 1.61. The van der Waals surface area contributed by atoms with Crippen molar-refractivity contribution in [2.75, 3.05) is 31.4 Å². The third kappa shape index (κ3) is 3.68. The van der Waals surface area contributed by atoms with Crippen LogP contribution in [0.1, 0.15) is 6.92 Å². The van der Waals surface area contributed by atoms with Crippen LogP contribution in [0.4, 0.5) is 22.0 Å². The maximum atomic E-state index is 13.4. The summed E-state index contributed by atoms with van der Waals surface area (Å²) in [5.41, 5.74) is 0.587. The van der Waals surface area contributed by atoms with Gasteiger partial charge in [0, 0.05) is 18.3 Å². The van der Waals surface area contributed by atoms with Gasteiger partial charge < -0.3 is 20.1 Å². The van der Waals surface area contributed by atoms with Crippen LogP contribution in [0.5, 0.6) is 11.8 Å². The van der Waals surface area contributed by atoms with Crippen molar-refractivity contribution in [2.45, 2.75) is 6.92 Å². The molecule has 0 unspecified atom stereocenters. The number of nitrogens with one attached hydrogen (secondary N) is 2. The molecule has 0 radical (unpaired) electrons. The minimum Gasteiger partial charge on any atom is -0.494 e. The van der Waals surface area contributed by atoms with E-state index in [0.717, 1.165) is 0 Å². The van der Waals surface area contributed by atoms with Crippen molar-refractivity contribution in [3.05, 3.63) is 24.0 Å². The number of hydrogen-bond donors (Lipinski definition) is 2. The summed E-state index contributed by atoms with van der Waals surface area (Å²) in [6, 6.07) is 4.54. The maximum Gasteiger partial charge on any atom is 0.322 e. The van der Waals surface area contributed by atoms with Crippen molar-refractivity contribution in [2.24, 2.45) is 0 Å². The molecule has 1 heterocycles. The van der Waals surface area contributed by atoms with Crippen LogP contribution in [0.2, 0.25) is 0 Å². The fraction of sp³-hybridized carbons (Fsp3) is 0.308. The summed E-state index contributed by atoms with van der Waals surface area (Å²) in [6.07, 6.45) is 0. The van der Waals surface area contributed by atoms with E-state index in [0.29, 0.717) is 18.2 Å². The Labute approximate surface area is 121 Å². The van der Waals surface area contributed by atoms with Crippen molar-refractivity contribution in [3.8, 4) is 11.8 Å². The fourth-order valence-corrected chi connectivity index (χ4v) is 1.61. The Morgan fingerprint density at radius 3 is 2.52 bits per heavy atom. The molecule has 0 bridgehead atoms. The van der Waals surface area contributed by atoms with Crippen molar-refractivity contribution >= 4 is 17.6 Å². The number of methoxy groups -OCH3 is 2. The molecule has 0 amide bonds. The van der Waals surface area contributed by atoms with Crippen molar-refractivity contribution in [3.63, 3.8) is 0 Å². The molecule has 112 valence electrons. The number of nitrogens with zero attached hydrogens (tertiary/aromatic N) is 3. The molecule has 2 rings (SSSR count). The molecule has 0 atom stereocenters. The standard InChI is InChI=1S/C13H16FN5O2/c1-4-15-11-17-12(19-13(18-11)21-3)16-8-5-6-9(14)10(7-8)20-2/h5-7H,4H2,1-3H3,(H2,15,16,17,18,19). The van der Waals surface area contributed by atoms with Crippen LogP contribution in [-0.4, -0.2) is 35.7 Å². The van der Waals surface area contributed by atoms with E-state index in [2.05, 4.69) is 25.6 Å². The highest BCUT2D eigenvalue weighted by molar-refractivity contribution is 5.57. The predicted octanol–water partition coefficient (Wildman–Crippen LogP) is 2.20. The summed E-state index contributed by atoms with van der Waals surface area (Å²) in [5.74, 6) is 0.366. The summed E-state index contributed by atoms with van der Waals surface area (Å²) in [6.45, 7) is 2.59. The molecule has 0 saturated heterocycles. The highest BCUT2D eigenvalue weighted by atomic mass is 19.1. The molecular formula is C13H16FN5O2. The second-order valence-corrected chi connectivity index (χ2v) is 3.97. The van der Waals surface area contributed by atoms with Crippen LogP contribution < -0.4 is 20.1 Å². The Hall–Kier alpha value is -2.64. The van der Waals surface area contributed by atoms with Gasteiger partial charge in [-0.2, -0.15) is 15.0 Å². The van der Waals surface area contributed by atoms with E-state index in [-0.39, 0.29) is 17.7 Å². The first-order chi connectivity index (χ1) is 10.2. The van der Waals surface area contributed by atoms with E-state index in [1.165, 1.54) is 26.4 Å². The summed E-state index contributed by atoms with van der Waals surface area (Å²) >= 11 is 0. The lowest BCUT2D eigenvalue weighted by Crippen LogP contribution is -2.08. The SMILES string of the molecule is CCNc1nc(Nc2ccc(F)c(OC)c2)nc(OC)n1.